The molecule has 0 bridgehead atoms. The Morgan fingerprint density at radius 2 is 1.61 bits per heavy atom. The van der Waals surface area contributed by atoms with E-state index >= 15 is 0 Å². The van der Waals surface area contributed by atoms with Crippen LogP contribution in [0, 0.1) is 18.8 Å². The third-order valence-corrected chi connectivity index (χ3v) is 9.18. The molecule has 2 aliphatic rings. The molecule has 2 amide bonds. The molecule has 33 heavy (non-hydrogen) atoms. The van der Waals surface area contributed by atoms with Crippen molar-refractivity contribution < 1.29 is 18.0 Å². The predicted molar refractivity (Wildman–Crippen MR) is 127 cm³/mol. The molecule has 2 heterocycles. The summed E-state index contributed by atoms with van der Waals surface area (Å²) in [5, 5.41) is 1.04. The van der Waals surface area contributed by atoms with Crippen molar-refractivity contribution in [3.8, 4) is 0 Å². The largest absolute Gasteiger partial charge is 0.299 e. The highest BCUT2D eigenvalue weighted by Gasteiger charge is 2.45. The van der Waals surface area contributed by atoms with E-state index in [1.54, 1.807) is 24.3 Å². The smallest absolute Gasteiger partial charge is 0.245 e. The number of benzene rings is 2. The van der Waals surface area contributed by atoms with Crippen molar-refractivity contribution in [3.63, 3.8) is 0 Å². The summed E-state index contributed by atoms with van der Waals surface area (Å²) in [6.07, 6.45) is 3.58. The van der Waals surface area contributed by atoms with Crippen molar-refractivity contribution in [1.82, 2.24) is 10.2 Å². The summed E-state index contributed by atoms with van der Waals surface area (Å²) in [5.41, 5.74) is 2.26. The lowest BCUT2D eigenvalue weighted by molar-refractivity contribution is -0.134. The molecule has 1 N–H and O–H groups in total. The number of hydrogen-bond donors (Lipinski definition) is 1. The Hall–Kier alpha value is -2.51. The van der Waals surface area contributed by atoms with Gasteiger partial charge in [-0.2, -0.15) is 0 Å². The molecule has 0 unspecified atom stereocenters. The van der Waals surface area contributed by atoms with Gasteiger partial charge in [0.05, 0.1) is 4.90 Å². The summed E-state index contributed by atoms with van der Waals surface area (Å²) in [6, 6.07) is 17.0. The van der Waals surface area contributed by atoms with E-state index in [1.807, 2.05) is 13.0 Å². The first kappa shape index (κ1) is 23.6. The van der Waals surface area contributed by atoms with Gasteiger partial charge in [0.25, 0.3) is 0 Å². The molecule has 2 atom stereocenters. The fourth-order valence-corrected chi connectivity index (χ4v) is 6.95. The van der Waals surface area contributed by atoms with Crippen LogP contribution in [0.2, 0.25) is 0 Å². The molecule has 4 rings (SSSR count). The molecule has 0 aromatic heterocycles. The lowest BCUT2D eigenvalue weighted by Gasteiger charge is -2.34. The second kappa shape index (κ2) is 10.2. The number of carbonyl (C=O) groups excluding carboxylic acids is 2. The van der Waals surface area contributed by atoms with Crippen molar-refractivity contribution in [2.24, 2.45) is 11.8 Å². The van der Waals surface area contributed by atoms with Gasteiger partial charge < -0.3 is 0 Å². The summed E-state index contributed by atoms with van der Waals surface area (Å²) >= 11 is 0. The van der Waals surface area contributed by atoms with E-state index in [4.69, 9.17) is 0 Å². The number of nitrogens with one attached hydrogen (secondary N) is 1. The number of piperidine rings is 2. The Bertz CT molecular complexity index is 1080. The molecule has 0 radical (unpaired) electrons. The van der Waals surface area contributed by atoms with Gasteiger partial charge in [0.2, 0.25) is 11.8 Å². The highest BCUT2D eigenvalue weighted by atomic mass is 32.2. The molecule has 0 aliphatic carbocycles. The highest BCUT2D eigenvalue weighted by molar-refractivity contribution is 7.92. The normalized spacial score (nSPS) is 22.8. The zero-order chi connectivity index (χ0) is 23.4. The van der Waals surface area contributed by atoms with Crippen LogP contribution in [-0.4, -0.2) is 43.5 Å². The highest BCUT2D eigenvalue weighted by Crippen LogP contribution is 2.33. The lowest BCUT2D eigenvalue weighted by Crippen LogP contribution is -2.52. The second-order valence-electron chi connectivity index (χ2n) is 9.44. The van der Waals surface area contributed by atoms with Gasteiger partial charge in [0.1, 0.15) is 5.25 Å². The van der Waals surface area contributed by atoms with E-state index in [0.29, 0.717) is 12.3 Å². The number of carbonyl (C=O) groups is 2. The van der Waals surface area contributed by atoms with Gasteiger partial charge in [-0.05, 0) is 68.8 Å². The standard InChI is InChI=1S/C26H32N2O4S/c1-19-7-11-23(12-8-19)33(31,32)25-22(17-24(29)27-26(25)30)10-9-20-13-15-28(16-14-20)18-21-5-3-2-4-6-21/h2-8,11-12,20,22,25H,9-10,13-18H2,1H3,(H,27,29,30)/t22-,25+/m0/s1. The van der Waals surface area contributed by atoms with Crippen molar-refractivity contribution >= 4 is 21.7 Å². The summed E-state index contributed by atoms with van der Waals surface area (Å²) in [4.78, 5) is 27.3. The number of nitrogens with zero attached hydrogens (tertiary/aromatic N) is 1. The van der Waals surface area contributed by atoms with Crippen LogP contribution in [0.1, 0.15) is 43.2 Å². The van der Waals surface area contributed by atoms with Crippen molar-refractivity contribution in [2.45, 2.75) is 55.7 Å². The lowest BCUT2D eigenvalue weighted by atomic mass is 9.85. The van der Waals surface area contributed by atoms with Crippen LogP contribution < -0.4 is 5.32 Å². The average molecular weight is 469 g/mol. The van der Waals surface area contributed by atoms with E-state index in [2.05, 4.69) is 34.5 Å². The number of imide groups is 1. The topological polar surface area (TPSA) is 83.5 Å². The first-order chi connectivity index (χ1) is 15.8. The maximum atomic E-state index is 13.3. The average Bonchev–Trinajstić information content (AvgIpc) is 2.79. The van der Waals surface area contributed by atoms with Gasteiger partial charge in [0.15, 0.2) is 9.84 Å². The second-order valence-corrected chi connectivity index (χ2v) is 11.5. The van der Waals surface area contributed by atoms with Crippen LogP contribution in [0.5, 0.6) is 0 Å². The minimum atomic E-state index is -3.87. The Morgan fingerprint density at radius 1 is 0.939 bits per heavy atom. The molecule has 2 aromatic rings. The van der Waals surface area contributed by atoms with E-state index in [-0.39, 0.29) is 17.2 Å². The Labute approximate surface area is 196 Å². The van der Waals surface area contributed by atoms with E-state index < -0.39 is 26.9 Å². The number of aryl methyl sites for hydroxylation is 1. The maximum absolute atomic E-state index is 13.3. The van der Waals surface area contributed by atoms with Gasteiger partial charge in [0, 0.05) is 13.0 Å². The van der Waals surface area contributed by atoms with E-state index in [9.17, 15) is 18.0 Å². The first-order valence-electron chi connectivity index (χ1n) is 11.7. The Kier molecular flexibility index (Phi) is 7.29. The molecular weight excluding hydrogens is 436 g/mol. The zero-order valence-electron chi connectivity index (χ0n) is 19.1. The fourth-order valence-electron chi connectivity index (χ4n) is 5.07. The molecule has 7 heteroatoms. The van der Waals surface area contributed by atoms with Crippen LogP contribution in [0.15, 0.2) is 59.5 Å². The van der Waals surface area contributed by atoms with E-state index in [0.717, 1.165) is 44.5 Å². The van der Waals surface area contributed by atoms with Crippen molar-refractivity contribution in [2.75, 3.05) is 13.1 Å². The molecule has 6 nitrogen and oxygen atoms in total. The first-order valence-corrected chi connectivity index (χ1v) is 13.3. The number of likely N-dealkylation sites (tertiary alicyclic amines) is 1. The predicted octanol–water partition coefficient (Wildman–Crippen LogP) is 3.49. The van der Waals surface area contributed by atoms with Gasteiger partial charge >= 0.3 is 0 Å². The van der Waals surface area contributed by atoms with Crippen LogP contribution in [0.4, 0.5) is 0 Å². The number of hydrogen-bond acceptors (Lipinski definition) is 5. The molecule has 0 spiro atoms. The number of amides is 2. The SMILES string of the molecule is Cc1ccc(S(=O)(=O)[C@H]2C(=O)NC(=O)C[C@@H]2CCC2CCN(Cc3ccccc3)CC2)cc1. The third-order valence-electron chi connectivity index (χ3n) is 6.98. The van der Waals surface area contributed by atoms with Crippen LogP contribution in [-0.2, 0) is 26.0 Å². The molecule has 2 aliphatic heterocycles. The van der Waals surface area contributed by atoms with Gasteiger partial charge in [-0.3, -0.25) is 19.8 Å². The number of rotatable bonds is 7. The van der Waals surface area contributed by atoms with Crippen LogP contribution in [0.3, 0.4) is 0 Å². The Morgan fingerprint density at radius 3 is 2.27 bits per heavy atom. The summed E-state index contributed by atoms with van der Waals surface area (Å²) in [7, 11) is -3.87. The van der Waals surface area contributed by atoms with Crippen molar-refractivity contribution in [1.29, 1.82) is 0 Å². The minimum absolute atomic E-state index is 0.0777. The Balaban J connectivity index is 1.38. The molecule has 0 saturated carbocycles. The summed E-state index contributed by atoms with van der Waals surface area (Å²) in [6.45, 7) is 4.85. The molecular formula is C26H32N2O4S. The van der Waals surface area contributed by atoms with Crippen LogP contribution in [0.25, 0.3) is 0 Å². The minimum Gasteiger partial charge on any atom is -0.299 e. The third kappa shape index (κ3) is 5.71. The maximum Gasteiger partial charge on any atom is 0.245 e. The fraction of sp³-hybridized carbons (Fsp3) is 0.462. The van der Waals surface area contributed by atoms with Gasteiger partial charge in [-0.15, -0.1) is 0 Å². The quantitative estimate of drug-likeness (QED) is 0.629. The van der Waals surface area contributed by atoms with Gasteiger partial charge in [-0.25, -0.2) is 8.42 Å². The molecule has 2 fully saturated rings. The van der Waals surface area contributed by atoms with Gasteiger partial charge in [-0.1, -0.05) is 54.4 Å². The zero-order valence-corrected chi connectivity index (χ0v) is 19.9. The van der Waals surface area contributed by atoms with Crippen molar-refractivity contribution in [3.05, 3.63) is 65.7 Å². The number of sulfone groups is 1. The molecule has 2 aromatic carbocycles. The molecule has 176 valence electrons. The monoisotopic (exact) mass is 468 g/mol. The molecule has 2 saturated heterocycles. The van der Waals surface area contributed by atoms with Crippen LogP contribution >= 0.6 is 0 Å². The summed E-state index contributed by atoms with van der Waals surface area (Å²) in [5.74, 6) is -1.06. The van der Waals surface area contributed by atoms with E-state index in [1.165, 1.54) is 5.56 Å². The summed E-state index contributed by atoms with van der Waals surface area (Å²) < 4.78 is 26.6.